The summed E-state index contributed by atoms with van der Waals surface area (Å²) in [7, 11) is 0. The van der Waals surface area contributed by atoms with Crippen LogP contribution in [0, 0.1) is 5.92 Å². The third-order valence-corrected chi connectivity index (χ3v) is 2.66. The highest BCUT2D eigenvalue weighted by atomic mass is 16.5. The standard InChI is InChI=1S/C12H22N4O/c1-3-10(5-6-13)8-14-11-7-12(17-4-2)16-9-15-11/h7,9-10H,3-6,8,13H2,1-2H3,(H,14,15,16). The van der Waals surface area contributed by atoms with Crippen molar-refractivity contribution in [3.63, 3.8) is 0 Å². The van der Waals surface area contributed by atoms with Crippen LogP contribution in [-0.4, -0.2) is 29.7 Å². The number of nitrogens with zero attached hydrogens (tertiary/aromatic N) is 2. The maximum Gasteiger partial charge on any atom is 0.218 e. The van der Waals surface area contributed by atoms with E-state index in [0.717, 1.165) is 31.7 Å². The summed E-state index contributed by atoms with van der Waals surface area (Å²) < 4.78 is 5.32. The summed E-state index contributed by atoms with van der Waals surface area (Å²) in [6.45, 7) is 6.34. The van der Waals surface area contributed by atoms with E-state index in [-0.39, 0.29) is 0 Å². The second-order valence-electron chi connectivity index (χ2n) is 3.91. The third-order valence-electron chi connectivity index (χ3n) is 2.66. The summed E-state index contributed by atoms with van der Waals surface area (Å²) in [6, 6.07) is 1.82. The molecule has 1 aromatic heterocycles. The van der Waals surface area contributed by atoms with Gasteiger partial charge in [0.1, 0.15) is 12.1 Å². The Labute approximate surface area is 103 Å². The third kappa shape index (κ3) is 4.99. The topological polar surface area (TPSA) is 73.1 Å². The van der Waals surface area contributed by atoms with E-state index < -0.39 is 0 Å². The van der Waals surface area contributed by atoms with Gasteiger partial charge in [0.05, 0.1) is 6.61 Å². The first kappa shape index (κ1) is 13.7. The molecule has 0 aromatic carbocycles. The van der Waals surface area contributed by atoms with E-state index in [1.165, 1.54) is 6.33 Å². The van der Waals surface area contributed by atoms with Gasteiger partial charge in [-0.2, -0.15) is 0 Å². The van der Waals surface area contributed by atoms with Gasteiger partial charge in [0.15, 0.2) is 0 Å². The van der Waals surface area contributed by atoms with Crippen LogP contribution < -0.4 is 15.8 Å². The molecule has 0 bridgehead atoms. The molecule has 1 atom stereocenters. The van der Waals surface area contributed by atoms with Gasteiger partial charge in [-0.3, -0.25) is 0 Å². The van der Waals surface area contributed by atoms with Crippen LogP contribution in [0.4, 0.5) is 5.82 Å². The lowest BCUT2D eigenvalue weighted by molar-refractivity contribution is 0.326. The number of hydrogen-bond donors (Lipinski definition) is 2. The van der Waals surface area contributed by atoms with Gasteiger partial charge in [-0.1, -0.05) is 13.3 Å². The highest BCUT2D eigenvalue weighted by Crippen LogP contribution is 2.13. The van der Waals surface area contributed by atoms with Crippen molar-refractivity contribution in [3.05, 3.63) is 12.4 Å². The lowest BCUT2D eigenvalue weighted by atomic mass is 10.0. The maximum atomic E-state index is 5.56. The van der Waals surface area contributed by atoms with Gasteiger partial charge < -0.3 is 15.8 Å². The molecule has 1 aromatic rings. The fraction of sp³-hybridized carbons (Fsp3) is 0.667. The SMILES string of the molecule is CCOc1cc(NCC(CC)CCN)ncn1. The first-order valence-corrected chi connectivity index (χ1v) is 6.18. The Bertz CT molecular complexity index is 319. The molecule has 0 fully saturated rings. The van der Waals surface area contributed by atoms with E-state index in [0.29, 0.717) is 18.4 Å². The van der Waals surface area contributed by atoms with Gasteiger partial charge in [-0.25, -0.2) is 9.97 Å². The van der Waals surface area contributed by atoms with Crippen LogP contribution in [-0.2, 0) is 0 Å². The number of aromatic nitrogens is 2. The summed E-state index contributed by atoms with van der Waals surface area (Å²) in [4.78, 5) is 8.17. The zero-order chi connectivity index (χ0) is 12.5. The number of hydrogen-bond acceptors (Lipinski definition) is 5. The van der Waals surface area contributed by atoms with E-state index in [9.17, 15) is 0 Å². The van der Waals surface area contributed by atoms with Crippen molar-refractivity contribution in [1.82, 2.24) is 9.97 Å². The van der Waals surface area contributed by atoms with Crippen molar-refractivity contribution in [3.8, 4) is 5.88 Å². The smallest absolute Gasteiger partial charge is 0.218 e. The molecule has 5 nitrogen and oxygen atoms in total. The summed E-state index contributed by atoms with van der Waals surface area (Å²) >= 11 is 0. The van der Waals surface area contributed by atoms with E-state index in [1.54, 1.807) is 0 Å². The van der Waals surface area contributed by atoms with Gasteiger partial charge in [0, 0.05) is 12.6 Å². The predicted octanol–water partition coefficient (Wildman–Crippen LogP) is 1.66. The molecule has 1 heterocycles. The molecular weight excluding hydrogens is 216 g/mol. The largest absolute Gasteiger partial charge is 0.478 e. The first-order valence-electron chi connectivity index (χ1n) is 6.18. The van der Waals surface area contributed by atoms with Gasteiger partial charge in [0.25, 0.3) is 0 Å². The minimum Gasteiger partial charge on any atom is -0.478 e. The molecule has 1 rings (SSSR count). The molecule has 0 aliphatic carbocycles. The molecule has 0 aliphatic heterocycles. The average Bonchev–Trinajstić information content (AvgIpc) is 2.35. The predicted molar refractivity (Wildman–Crippen MR) is 69.1 cm³/mol. The van der Waals surface area contributed by atoms with Crippen molar-refractivity contribution < 1.29 is 4.74 Å². The lowest BCUT2D eigenvalue weighted by Crippen LogP contribution is -2.18. The number of rotatable bonds is 8. The van der Waals surface area contributed by atoms with Crippen molar-refractivity contribution >= 4 is 5.82 Å². The van der Waals surface area contributed by atoms with Crippen LogP contribution >= 0.6 is 0 Å². The number of nitrogens with two attached hydrogens (primary N) is 1. The fourth-order valence-electron chi connectivity index (χ4n) is 1.60. The molecular formula is C12H22N4O. The Balaban J connectivity index is 2.47. The van der Waals surface area contributed by atoms with Crippen LogP contribution in [0.5, 0.6) is 5.88 Å². The summed E-state index contributed by atoms with van der Waals surface area (Å²) in [6.07, 6.45) is 3.66. The zero-order valence-electron chi connectivity index (χ0n) is 10.6. The minimum absolute atomic E-state index is 0.588. The van der Waals surface area contributed by atoms with E-state index >= 15 is 0 Å². The molecule has 17 heavy (non-hydrogen) atoms. The van der Waals surface area contributed by atoms with Crippen LogP contribution in [0.3, 0.4) is 0 Å². The Morgan fingerprint density at radius 1 is 1.41 bits per heavy atom. The van der Waals surface area contributed by atoms with Gasteiger partial charge >= 0.3 is 0 Å². The summed E-state index contributed by atoms with van der Waals surface area (Å²) in [5, 5.41) is 3.29. The quantitative estimate of drug-likeness (QED) is 0.720. The summed E-state index contributed by atoms with van der Waals surface area (Å²) in [5.41, 5.74) is 5.56. The molecule has 3 N–H and O–H groups in total. The number of nitrogens with one attached hydrogen (secondary N) is 1. The van der Waals surface area contributed by atoms with Crippen LogP contribution in [0.2, 0.25) is 0 Å². The number of ether oxygens (including phenoxy) is 1. The van der Waals surface area contributed by atoms with E-state index in [2.05, 4.69) is 22.2 Å². The monoisotopic (exact) mass is 238 g/mol. The number of anilines is 1. The highest BCUT2D eigenvalue weighted by Gasteiger charge is 2.06. The van der Waals surface area contributed by atoms with Crippen molar-refractivity contribution in [2.45, 2.75) is 26.7 Å². The Kier molecular flexibility index (Phi) is 6.32. The van der Waals surface area contributed by atoms with Crippen molar-refractivity contribution in [2.75, 3.05) is 25.0 Å². The molecule has 0 saturated heterocycles. The van der Waals surface area contributed by atoms with E-state index in [4.69, 9.17) is 10.5 Å². The van der Waals surface area contributed by atoms with Gasteiger partial charge in [-0.05, 0) is 25.8 Å². The zero-order valence-corrected chi connectivity index (χ0v) is 10.6. The molecule has 0 radical (unpaired) electrons. The molecule has 96 valence electrons. The summed E-state index contributed by atoms with van der Waals surface area (Å²) in [5.74, 6) is 2.00. The van der Waals surface area contributed by atoms with Crippen molar-refractivity contribution in [1.29, 1.82) is 0 Å². The molecule has 0 amide bonds. The first-order chi connectivity index (χ1) is 8.30. The fourth-order valence-corrected chi connectivity index (χ4v) is 1.60. The Hall–Kier alpha value is -1.36. The van der Waals surface area contributed by atoms with Gasteiger partial charge in [-0.15, -0.1) is 0 Å². The van der Waals surface area contributed by atoms with Crippen LogP contribution in [0.25, 0.3) is 0 Å². The van der Waals surface area contributed by atoms with E-state index in [1.807, 2.05) is 13.0 Å². The highest BCUT2D eigenvalue weighted by molar-refractivity contribution is 5.36. The molecule has 0 saturated carbocycles. The Morgan fingerprint density at radius 3 is 2.88 bits per heavy atom. The second kappa shape index (κ2) is 7.84. The average molecular weight is 238 g/mol. The molecule has 5 heteroatoms. The minimum atomic E-state index is 0.588. The van der Waals surface area contributed by atoms with Crippen LogP contribution in [0.15, 0.2) is 12.4 Å². The molecule has 0 spiro atoms. The molecule has 1 unspecified atom stereocenters. The van der Waals surface area contributed by atoms with Crippen molar-refractivity contribution in [2.24, 2.45) is 11.7 Å². The molecule has 0 aliphatic rings. The maximum absolute atomic E-state index is 5.56. The Morgan fingerprint density at radius 2 is 2.24 bits per heavy atom. The normalized spacial score (nSPS) is 12.2. The second-order valence-corrected chi connectivity index (χ2v) is 3.91. The van der Waals surface area contributed by atoms with Crippen LogP contribution in [0.1, 0.15) is 26.7 Å². The van der Waals surface area contributed by atoms with Gasteiger partial charge in [0.2, 0.25) is 5.88 Å². The lowest BCUT2D eigenvalue weighted by Gasteiger charge is -2.15.